The van der Waals surface area contributed by atoms with Crippen LogP contribution in [0.5, 0.6) is 5.75 Å². The lowest BCUT2D eigenvalue weighted by Gasteiger charge is -2.44. The molecule has 1 unspecified atom stereocenters. The summed E-state index contributed by atoms with van der Waals surface area (Å²) in [7, 11) is -4.94. The molecule has 1 fully saturated rings. The highest BCUT2D eigenvalue weighted by Gasteiger charge is 2.38. The van der Waals surface area contributed by atoms with Crippen molar-refractivity contribution < 1.29 is 16.5 Å². The molecule has 4 nitrogen and oxygen atoms in total. The Kier molecular flexibility index (Phi) is 4.08. The van der Waals surface area contributed by atoms with Crippen molar-refractivity contribution >= 4 is 22.3 Å². The summed E-state index contributed by atoms with van der Waals surface area (Å²) in [6.45, 7) is 5.08. The topological polar surface area (TPSA) is 55.4 Å². The highest BCUT2D eigenvalue weighted by Crippen LogP contribution is 2.39. The zero-order valence-corrected chi connectivity index (χ0v) is 12.4. The molecule has 2 rings (SSSR count). The Morgan fingerprint density at radius 1 is 1.42 bits per heavy atom. The van der Waals surface area contributed by atoms with E-state index in [1.54, 1.807) is 12.1 Å². The van der Waals surface area contributed by atoms with Gasteiger partial charge in [0.1, 0.15) is 5.75 Å². The molecule has 19 heavy (non-hydrogen) atoms. The zero-order valence-electron chi connectivity index (χ0n) is 10.7. The van der Waals surface area contributed by atoms with Gasteiger partial charge in [-0.1, -0.05) is 16.0 Å². The standard InChI is InChI=1S/C12H16FNO3S2/c1-12(2)11(8-18-12)14-7-9-3-5-10(6-4-9)17-19(13,15)16/h3-6,11,14H,7-8H2,1-2H3. The molecule has 0 aromatic heterocycles. The Hall–Kier alpha value is -0.790. The molecule has 1 aliphatic heterocycles. The third-order valence-corrected chi connectivity index (χ3v) is 5.05. The van der Waals surface area contributed by atoms with Crippen LogP contribution in [0.2, 0.25) is 0 Å². The average Bonchev–Trinajstić information content (AvgIpc) is 2.28. The lowest BCUT2D eigenvalue weighted by atomic mass is 10.0. The fraction of sp³-hybridized carbons (Fsp3) is 0.500. The Labute approximate surface area is 117 Å². The van der Waals surface area contributed by atoms with Crippen molar-refractivity contribution in [2.24, 2.45) is 0 Å². The van der Waals surface area contributed by atoms with Crippen LogP contribution in [0, 0.1) is 0 Å². The fourth-order valence-electron chi connectivity index (χ4n) is 1.82. The molecule has 106 valence electrons. The van der Waals surface area contributed by atoms with Crippen molar-refractivity contribution in [3.05, 3.63) is 29.8 Å². The Balaban J connectivity index is 1.89. The molecule has 1 saturated heterocycles. The van der Waals surface area contributed by atoms with Gasteiger partial charge in [-0.15, -0.1) is 0 Å². The number of hydrogen-bond donors (Lipinski definition) is 1. The summed E-state index contributed by atoms with van der Waals surface area (Å²) in [5.74, 6) is 1.07. The normalized spacial score (nSPS) is 21.7. The number of benzene rings is 1. The zero-order chi connectivity index (χ0) is 14.1. The van der Waals surface area contributed by atoms with Gasteiger partial charge in [-0.3, -0.25) is 0 Å². The number of rotatable bonds is 5. The first-order chi connectivity index (χ1) is 8.76. The largest absolute Gasteiger partial charge is 0.488 e. The molecule has 1 aromatic carbocycles. The quantitative estimate of drug-likeness (QED) is 0.846. The Morgan fingerprint density at radius 2 is 2.05 bits per heavy atom. The number of hydrogen-bond acceptors (Lipinski definition) is 5. The van der Waals surface area contributed by atoms with Crippen LogP contribution in [-0.2, 0) is 17.0 Å². The van der Waals surface area contributed by atoms with Crippen LogP contribution in [0.1, 0.15) is 19.4 Å². The van der Waals surface area contributed by atoms with Gasteiger partial charge in [0.05, 0.1) is 0 Å². The van der Waals surface area contributed by atoms with E-state index >= 15 is 0 Å². The predicted octanol–water partition coefficient (Wildman–Crippen LogP) is 2.26. The summed E-state index contributed by atoms with van der Waals surface area (Å²) in [6, 6.07) is 6.78. The lowest BCUT2D eigenvalue weighted by molar-refractivity contribution is 0.434. The van der Waals surface area contributed by atoms with Crippen molar-refractivity contribution in [3.63, 3.8) is 0 Å². The summed E-state index contributed by atoms with van der Waals surface area (Å²) >= 11 is 1.92. The minimum absolute atomic E-state index is 0.0224. The van der Waals surface area contributed by atoms with Crippen molar-refractivity contribution in [2.45, 2.75) is 31.2 Å². The monoisotopic (exact) mass is 305 g/mol. The van der Waals surface area contributed by atoms with Crippen molar-refractivity contribution in [3.8, 4) is 5.75 Å². The SMILES string of the molecule is CC1(C)SCC1NCc1ccc(OS(=O)(=O)F)cc1. The van der Waals surface area contributed by atoms with Gasteiger partial charge in [0.25, 0.3) is 0 Å². The maximum absolute atomic E-state index is 12.3. The summed E-state index contributed by atoms with van der Waals surface area (Å²) in [6.07, 6.45) is 0. The first-order valence-electron chi connectivity index (χ1n) is 5.87. The van der Waals surface area contributed by atoms with E-state index in [0.29, 0.717) is 12.6 Å². The van der Waals surface area contributed by atoms with Crippen LogP contribution in [0.3, 0.4) is 0 Å². The summed E-state index contributed by atoms with van der Waals surface area (Å²) < 4.78 is 37.3. The van der Waals surface area contributed by atoms with Crippen molar-refractivity contribution in [1.82, 2.24) is 5.32 Å². The molecule has 1 N–H and O–H groups in total. The van der Waals surface area contributed by atoms with Gasteiger partial charge in [0, 0.05) is 23.1 Å². The van der Waals surface area contributed by atoms with Gasteiger partial charge in [0.15, 0.2) is 0 Å². The molecule has 0 amide bonds. The van der Waals surface area contributed by atoms with Gasteiger partial charge >= 0.3 is 10.5 Å². The number of nitrogens with one attached hydrogen (secondary N) is 1. The maximum atomic E-state index is 12.3. The van der Waals surface area contributed by atoms with Crippen molar-refractivity contribution in [1.29, 1.82) is 0 Å². The molecule has 0 spiro atoms. The van der Waals surface area contributed by atoms with Crippen LogP contribution in [0.15, 0.2) is 24.3 Å². The van der Waals surface area contributed by atoms with Gasteiger partial charge in [-0.05, 0) is 31.5 Å². The fourth-order valence-corrected chi connectivity index (χ4v) is 3.37. The van der Waals surface area contributed by atoms with E-state index in [4.69, 9.17) is 0 Å². The number of halogens is 1. The van der Waals surface area contributed by atoms with Gasteiger partial charge in [-0.25, -0.2) is 0 Å². The smallest absolute Gasteiger partial charge is 0.358 e. The molecule has 0 bridgehead atoms. The highest BCUT2D eigenvalue weighted by molar-refractivity contribution is 8.02. The molecule has 1 aromatic rings. The van der Waals surface area contributed by atoms with E-state index in [-0.39, 0.29) is 10.5 Å². The molecule has 0 saturated carbocycles. The molecular weight excluding hydrogens is 289 g/mol. The van der Waals surface area contributed by atoms with Crippen LogP contribution in [-0.4, -0.2) is 25.0 Å². The molecule has 7 heteroatoms. The van der Waals surface area contributed by atoms with E-state index in [1.807, 2.05) is 11.8 Å². The molecule has 1 atom stereocenters. The van der Waals surface area contributed by atoms with Gasteiger partial charge in [-0.2, -0.15) is 20.2 Å². The summed E-state index contributed by atoms with van der Waals surface area (Å²) in [5.41, 5.74) is 0.997. The first-order valence-corrected chi connectivity index (χ1v) is 8.16. The van der Waals surface area contributed by atoms with Crippen LogP contribution < -0.4 is 9.50 Å². The third-order valence-electron chi connectivity index (χ3n) is 3.13. The second-order valence-electron chi connectivity index (χ2n) is 4.97. The van der Waals surface area contributed by atoms with E-state index < -0.39 is 10.5 Å². The highest BCUT2D eigenvalue weighted by atomic mass is 32.3. The average molecular weight is 305 g/mol. The lowest BCUT2D eigenvalue weighted by Crippen LogP contribution is -2.54. The summed E-state index contributed by atoms with van der Waals surface area (Å²) in [5, 5.41) is 3.44. The van der Waals surface area contributed by atoms with E-state index in [1.165, 1.54) is 12.1 Å². The van der Waals surface area contributed by atoms with Crippen LogP contribution in [0.25, 0.3) is 0 Å². The first kappa shape index (κ1) is 14.6. The van der Waals surface area contributed by atoms with E-state index in [9.17, 15) is 12.3 Å². The summed E-state index contributed by atoms with van der Waals surface area (Å²) in [4.78, 5) is 0. The Morgan fingerprint density at radius 3 is 2.47 bits per heavy atom. The second kappa shape index (κ2) is 5.30. The minimum Gasteiger partial charge on any atom is -0.358 e. The van der Waals surface area contributed by atoms with Crippen LogP contribution in [0.4, 0.5) is 3.89 Å². The second-order valence-corrected chi connectivity index (χ2v) is 7.60. The van der Waals surface area contributed by atoms with E-state index in [2.05, 4.69) is 23.3 Å². The van der Waals surface area contributed by atoms with E-state index in [0.717, 1.165) is 11.3 Å². The maximum Gasteiger partial charge on any atom is 0.488 e. The molecule has 0 aliphatic carbocycles. The number of thioether (sulfide) groups is 1. The molecule has 0 radical (unpaired) electrons. The predicted molar refractivity (Wildman–Crippen MR) is 74.3 cm³/mol. The Bertz CT molecular complexity index is 543. The van der Waals surface area contributed by atoms with Gasteiger partial charge < -0.3 is 9.50 Å². The molecule has 1 aliphatic rings. The van der Waals surface area contributed by atoms with Crippen molar-refractivity contribution in [2.75, 3.05) is 5.75 Å². The third kappa shape index (κ3) is 4.09. The molecule has 1 heterocycles. The molecular formula is C12H16FNO3S2. The van der Waals surface area contributed by atoms with Gasteiger partial charge in [0.2, 0.25) is 0 Å². The minimum atomic E-state index is -4.94. The van der Waals surface area contributed by atoms with Crippen LogP contribution >= 0.6 is 11.8 Å².